The molecule has 1 heterocycles. The molecule has 0 radical (unpaired) electrons. The normalized spacial score (nSPS) is 18.2. The molecule has 0 spiro atoms. The van der Waals surface area contributed by atoms with Crippen LogP contribution in [0.15, 0.2) is 12.1 Å². The fourth-order valence-electron chi connectivity index (χ4n) is 1.82. The predicted molar refractivity (Wildman–Crippen MR) is 52.7 cm³/mol. The molecule has 0 fully saturated rings. The minimum Gasteiger partial charge on any atom is -0.382 e. The van der Waals surface area contributed by atoms with Gasteiger partial charge >= 0.3 is 0 Å². The molecular weight excluding hydrogens is 165 g/mol. The highest BCUT2D eigenvalue weighted by Crippen LogP contribution is 2.38. The number of anilines is 1. The van der Waals surface area contributed by atoms with Crippen molar-refractivity contribution in [1.29, 1.82) is 0 Å². The molecule has 0 aliphatic carbocycles. The van der Waals surface area contributed by atoms with Crippen molar-refractivity contribution in [2.45, 2.75) is 26.2 Å². The number of hydrogen-bond acceptors (Lipinski definition) is 1. The van der Waals surface area contributed by atoms with E-state index in [0.717, 1.165) is 12.1 Å². The van der Waals surface area contributed by atoms with Gasteiger partial charge in [-0.15, -0.1) is 0 Å². The Morgan fingerprint density at radius 1 is 1.38 bits per heavy atom. The molecule has 0 bridgehead atoms. The second kappa shape index (κ2) is 2.47. The van der Waals surface area contributed by atoms with Crippen molar-refractivity contribution >= 4 is 5.69 Å². The van der Waals surface area contributed by atoms with E-state index in [2.05, 4.69) is 19.2 Å². The molecule has 0 atom stereocenters. The summed E-state index contributed by atoms with van der Waals surface area (Å²) in [4.78, 5) is 0. The topological polar surface area (TPSA) is 12.0 Å². The van der Waals surface area contributed by atoms with E-state index >= 15 is 0 Å². The fourth-order valence-corrected chi connectivity index (χ4v) is 1.82. The molecule has 2 rings (SSSR count). The molecule has 0 unspecified atom stereocenters. The van der Waals surface area contributed by atoms with E-state index in [-0.39, 0.29) is 11.2 Å². The van der Waals surface area contributed by atoms with Crippen LogP contribution < -0.4 is 5.32 Å². The van der Waals surface area contributed by atoms with Gasteiger partial charge in [-0.25, -0.2) is 4.39 Å². The fraction of sp³-hybridized carbons (Fsp3) is 0.455. The first-order valence-corrected chi connectivity index (χ1v) is 4.56. The molecule has 13 heavy (non-hydrogen) atoms. The van der Waals surface area contributed by atoms with Crippen LogP contribution in [0.25, 0.3) is 0 Å². The Kier molecular flexibility index (Phi) is 1.62. The van der Waals surface area contributed by atoms with Crippen LogP contribution in [0.4, 0.5) is 10.1 Å². The smallest absolute Gasteiger partial charge is 0.149 e. The van der Waals surface area contributed by atoms with Gasteiger partial charge in [0, 0.05) is 12.0 Å². The van der Waals surface area contributed by atoms with Crippen molar-refractivity contribution in [2.24, 2.45) is 0 Å². The van der Waals surface area contributed by atoms with E-state index in [1.165, 1.54) is 0 Å². The summed E-state index contributed by atoms with van der Waals surface area (Å²) in [6.07, 6.45) is 0. The largest absolute Gasteiger partial charge is 0.382 e. The van der Waals surface area contributed by atoms with Gasteiger partial charge in [0.2, 0.25) is 0 Å². The summed E-state index contributed by atoms with van der Waals surface area (Å²) in [5.41, 5.74) is 2.56. The Balaban J connectivity index is 2.64. The Hall–Kier alpha value is -1.05. The average molecular weight is 179 g/mol. The first kappa shape index (κ1) is 8.54. The molecule has 1 aromatic rings. The minimum absolute atomic E-state index is 0.0594. The molecule has 1 aliphatic rings. The molecule has 1 aliphatic heterocycles. The molecule has 0 aromatic heterocycles. The van der Waals surface area contributed by atoms with E-state index in [9.17, 15) is 4.39 Å². The molecular formula is C11H14FN. The van der Waals surface area contributed by atoms with E-state index in [4.69, 9.17) is 0 Å². The number of nitrogens with one attached hydrogen (secondary N) is 1. The maximum Gasteiger partial charge on any atom is 0.149 e. The third-order valence-electron chi connectivity index (χ3n) is 2.77. The van der Waals surface area contributed by atoms with Crippen LogP contribution >= 0.6 is 0 Å². The van der Waals surface area contributed by atoms with E-state index in [1.54, 1.807) is 6.92 Å². The van der Waals surface area contributed by atoms with Gasteiger partial charge in [-0.2, -0.15) is 0 Å². The lowest BCUT2D eigenvalue weighted by molar-refractivity contribution is 0.584. The van der Waals surface area contributed by atoms with Crippen molar-refractivity contribution in [2.75, 3.05) is 11.9 Å². The zero-order valence-corrected chi connectivity index (χ0v) is 8.24. The number of rotatable bonds is 0. The second-order valence-corrected chi connectivity index (χ2v) is 4.36. The average Bonchev–Trinajstić information content (AvgIpc) is 2.35. The number of aryl methyl sites for hydroxylation is 1. The molecule has 0 saturated carbocycles. The SMILES string of the molecule is Cc1ccc2c(c1F)NCC2(C)C. The van der Waals surface area contributed by atoms with E-state index in [1.807, 2.05) is 12.1 Å². The number of fused-ring (bicyclic) bond motifs is 1. The maximum absolute atomic E-state index is 13.6. The summed E-state index contributed by atoms with van der Waals surface area (Å²) in [5.74, 6) is -0.0944. The molecule has 1 aromatic carbocycles. The molecule has 0 amide bonds. The zero-order valence-electron chi connectivity index (χ0n) is 8.24. The molecule has 1 N–H and O–H groups in total. The van der Waals surface area contributed by atoms with Crippen molar-refractivity contribution in [3.63, 3.8) is 0 Å². The highest BCUT2D eigenvalue weighted by Gasteiger charge is 2.31. The summed E-state index contributed by atoms with van der Waals surface area (Å²) in [6.45, 7) is 6.87. The van der Waals surface area contributed by atoms with Gasteiger partial charge in [0.1, 0.15) is 5.82 Å². The number of benzene rings is 1. The summed E-state index contributed by atoms with van der Waals surface area (Å²) in [6, 6.07) is 3.87. The predicted octanol–water partition coefficient (Wildman–Crippen LogP) is 2.84. The van der Waals surface area contributed by atoms with Gasteiger partial charge in [0.25, 0.3) is 0 Å². The van der Waals surface area contributed by atoms with Crippen LogP contribution in [0.1, 0.15) is 25.0 Å². The molecule has 70 valence electrons. The lowest BCUT2D eigenvalue weighted by atomic mass is 9.86. The summed E-state index contributed by atoms with van der Waals surface area (Å²) < 4.78 is 13.6. The quantitative estimate of drug-likeness (QED) is 0.645. The van der Waals surface area contributed by atoms with Gasteiger partial charge in [-0.1, -0.05) is 26.0 Å². The van der Waals surface area contributed by atoms with Gasteiger partial charge in [0.05, 0.1) is 5.69 Å². The van der Waals surface area contributed by atoms with Crippen LogP contribution in [0, 0.1) is 12.7 Å². The Morgan fingerprint density at radius 2 is 2.08 bits per heavy atom. The molecule has 0 saturated heterocycles. The third-order valence-corrected chi connectivity index (χ3v) is 2.77. The molecule has 2 heteroatoms. The monoisotopic (exact) mass is 179 g/mol. The minimum atomic E-state index is -0.0944. The second-order valence-electron chi connectivity index (χ2n) is 4.36. The van der Waals surface area contributed by atoms with Crippen LogP contribution in [-0.4, -0.2) is 6.54 Å². The van der Waals surface area contributed by atoms with Crippen molar-refractivity contribution in [1.82, 2.24) is 0 Å². The van der Waals surface area contributed by atoms with E-state index < -0.39 is 0 Å². The highest BCUT2D eigenvalue weighted by molar-refractivity contribution is 5.62. The van der Waals surface area contributed by atoms with Gasteiger partial charge in [-0.05, 0) is 18.1 Å². The van der Waals surface area contributed by atoms with Crippen molar-refractivity contribution in [3.8, 4) is 0 Å². The summed E-state index contributed by atoms with van der Waals surface area (Å²) >= 11 is 0. The molecule has 1 nitrogen and oxygen atoms in total. The lowest BCUT2D eigenvalue weighted by Crippen LogP contribution is -2.18. The number of hydrogen-bond donors (Lipinski definition) is 1. The highest BCUT2D eigenvalue weighted by atomic mass is 19.1. The standard InChI is InChI=1S/C11H14FN/c1-7-4-5-8-10(9(7)12)13-6-11(8,2)3/h4-5,13H,6H2,1-3H3. The zero-order chi connectivity index (χ0) is 9.64. The summed E-state index contributed by atoms with van der Waals surface area (Å²) in [7, 11) is 0. The third kappa shape index (κ3) is 1.12. The Morgan fingerprint density at radius 3 is 2.77 bits per heavy atom. The van der Waals surface area contributed by atoms with Gasteiger partial charge in [-0.3, -0.25) is 0 Å². The van der Waals surface area contributed by atoms with Crippen LogP contribution in [-0.2, 0) is 5.41 Å². The summed E-state index contributed by atoms with van der Waals surface area (Å²) in [5, 5.41) is 3.12. The Labute approximate surface area is 78.0 Å². The van der Waals surface area contributed by atoms with Crippen LogP contribution in [0.5, 0.6) is 0 Å². The van der Waals surface area contributed by atoms with Gasteiger partial charge in [0.15, 0.2) is 0 Å². The van der Waals surface area contributed by atoms with Gasteiger partial charge < -0.3 is 5.32 Å². The van der Waals surface area contributed by atoms with Crippen LogP contribution in [0.2, 0.25) is 0 Å². The van der Waals surface area contributed by atoms with Crippen molar-refractivity contribution in [3.05, 3.63) is 29.1 Å². The first-order valence-electron chi connectivity index (χ1n) is 4.56. The number of halogens is 1. The van der Waals surface area contributed by atoms with E-state index in [0.29, 0.717) is 11.3 Å². The van der Waals surface area contributed by atoms with Crippen LogP contribution in [0.3, 0.4) is 0 Å². The van der Waals surface area contributed by atoms with Crippen molar-refractivity contribution < 1.29 is 4.39 Å². The maximum atomic E-state index is 13.6. The first-order chi connectivity index (χ1) is 6.02. The lowest BCUT2D eigenvalue weighted by Gasteiger charge is -2.16. The Bertz CT molecular complexity index is 355.